The van der Waals surface area contributed by atoms with E-state index in [1.807, 2.05) is 19.1 Å². The third-order valence-corrected chi connectivity index (χ3v) is 4.25. The summed E-state index contributed by atoms with van der Waals surface area (Å²) in [5, 5.41) is 9.68. The third kappa shape index (κ3) is 2.98. The minimum atomic E-state index is -3.80. The first-order valence-corrected chi connectivity index (χ1v) is 7.23. The first-order chi connectivity index (χ1) is 8.49. The Hall–Kier alpha value is -1.17. The van der Waals surface area contributed by atoms with E-state index in [-0.39, 0.29) is 4.90 Å². The molecule has 1 aromatic rings. The minimum Gasteiger partial charge on any atom is -0.390 e. The predicted octanol–water partition coefficient (Wildman–Crippen LogP) is 1.78. The molecule has 0 fully saturated rings. The van der Waals surface area contributed by atoms with Crippen molar-refractivity contribution >= 4 is 10.1 Å². The van der Waals surface area contributed by atoms with Crippen LogP contribution in [-0.4, -0.2) is 25.7 Å². The first-order valence-electron chi connectivity index (χ1n) is 5.82. The Morgan fingerprint density at radius 1 is 1.17 bits per heavy atom. The highest BCUT2D eigenvalue weighted by Crippen LogP contribution is 2.21. The lowest BCUT2D eigenvalue weighted by atomic mass is 10.0. The van der Waals surface area contributed by atoms with Crippen molar-refractivity contribution < 1.29 is 17.7 Å². The van der Waals surface area contributed by atoms with Crippen LogP contribution in [0.1, 0.15) is 18.4 Å². The second-order valence-electron chi connectivity index (χ2n) is 4.41. The lowest BCUT2D eigenvalue weighted by molar-refractivity contribution is 0.0395. The van der Waals surface area contributed by atoms with E-state index < -0.39 is 22.3 Å². The van der Waals surface area contributed by atoms with Gasteiger partial charge in [0, 0.05) is 0 Å². The molecule has 98 valence electrons. The van der Waals surface area contributed by atoms with Gasteiger partial charge in [-0.25, -0.2) is 0 Å². The van der Waals surface area contributed by atoms with Crippen molar-refractivity contribution in [2.45, 2.75) is 36.9 Å². The number of hydrogen-bond donors (Lipinski definition) is 1. The summed E-state index contributed by atoms with van der Waals surface area (Å²) >= 11 is 0. The SMILES string of the molecule is Cc1ccc(S(=O)(=O)OC2CC=CCC2O)cc1. The van der Waals surface area contributed by atoms with Crippen molar-refractivity contribution in [3.63, 3.8) is 0 Å². The largest absolute Gasteiger partial charge is 0.390 e. The number of aliphatic hydroxyl groups excluding tert-OH is 1. The number of aliphatic hydroxyl groups is 1. The summed E-state index contributed by atoms with van der Waals surface area (Å²) in [4.78, 5) is 0.120. The lowest BCUT2D eigenvalue weighted by Gasteiger charge is -2.23. The maximum absolute atomic E-state index is 12.0. The fourth-order valence-electron chi connectivity index (χ4n) is 1.80. The van der Waals surface area contributed by atoms with E-state index in [2.05, 4.69) is 0 Å². The van der Waals surface area contributed by atoms with Gasteiger partial charge in [-0.1, -0.05) is 29.8 Å². The van der Waals surface area contributed by atoms with Crippen molar-refractivity contribution in [1.82, 2.24) is 0 Å². The molecular weight excluding hydrogens is 252 g/mol. The van der Waals surface area contributed by atoms with Crippen LogP contribution in [0.5, 0.6) is 0 Å². The second kappa shape index (κ2) is 5.22. The average Bonchev–Trinajstić information content (AvgIpc) is 2.32. The van der Waals surface area contributed by atoms with Crippen LogP contribution in [0.25, 0.3) is 0 Å². The second-order valence-corrected chi connectivity index (χ2v) is 5.98. The van der Waals surface area contributed by atoms with Gasteiger partial charge in [-0.05, 0) is 31.9 Å². The van der Waals surface area contributed by atoms with Crippen molar-refractivity contribution in [3.8, 4) is 0 Å². The Balaban J connectivity index is 2.16. The zero-order valence-electron chi connectivity index (χ0n) is 10.1. The summed E-state index contributed by atoms with van der Waals surface area (Å²) in [5.41, 5.74) is 0.981. The molecule has 1 aliphatic carbocycles. The molecule has 0 bridgehead atoms. The van der Waals surface area contributed by atoms with Gasteiger partial charge in [-0.15, -0.1) is 0 Å². The highest BCUT2D eigenvalue weighted by atomic mass is 32.2. The van der Waals surface area contributed by atoms with Crippen molar-refractivity contribution in [2.24, 2.45) is 0 Å². The molecule has 5 heteroatoms. The topological polar surface area (TPSA) is 63.6 Å². The van der Waals surface area contributed by atoms with Gasteiger partial charge in [0.15, 0.2) is 0 Å². The van der Waals surface area contributed by atoms with Gasteiger partial charge in [0.05, 0.1) is 11.0 Å². The molecule has 1 aliphatic rings. The van der Waals surface area contributed by atoms with E-state index in [4.69, 9.17) is 4.18 Å². The van der Waals surface area contributed by atoms with Gasteiger partial charge in [-0.3, -0.25) is 4.18 Å². The van der Waals surface area contributed by atoms with E-state index in [9.17, 15) is 13.5 Å². The van der Waals surface area contributed by atoms with E-state index in [1.165, 1.54) is 12.1 Å². The fourth-order valence-corrected chi connectivity index (χ4v) is 2.91. The highest BCUT2D eigenvalue weighted by molar-refractivity contribution is 7.86. The normalized spacial score (nSPS) is 24.1. The summed E-state index contributed by atoms with van der Waals surface area (Å²) in [7, 11) is -3.80. The third-order valence-electron chi connectivity index (χ3n) is 2.90. The van der Waals surface area contributed by atoms with Gasteiger partial charge >= 0.3 is 0 Å². The standard InChI is InChI=1S/C13H16O4S/c1-10-6-8-11(9-7-10)18(15,16)17-13-5-3-2-4-12(13)14/h2-3,6-9,12-14H,4-5H2,1H3. The van der Waals surface area contributed by atoms with Crippen LogP contribution in [0.15, 0.2) is 41.3 Å². The average molecular weight is 268 g/mol. The Morgan fingerprint density at radius 3 is 2.39 bits per heavy atom. The van der Waals surface area contributed by atoms with Gasteiger partial charge in [0.25, 0.3) is 10.1 Å². The predicted molar refractivity (Wildman–Crippen MR) is 67.6 cm³/mol. The van der Waals surface area contributed by atoms with Crippen molar-refractivity contribution in [3.05, 3.63) is 42.0 Å². The first kappa shape index (κ1) is 13.3. The van der Waals surface area contributed by atoms with E-state index >= 15 is 0 Å². The molecule has 2 rings (SSSR count). The Morgan fingerprint density at radius 2 is 1.78 bits per heavy atom. The molecule has 2 unspecified atom stereocenters. The van der Waals surface area contributed by atoms with Crippen molar-refractivity contribution in [1.29, 1.82) is 0 Å². The summed E-state index contributed by atoms with van der Waals surface area (Å²) in [6.07, 6.45) is 3.02. The maximum atomic E-state index is 12.0. The van der Waals surface area contributed by atoms with Crippen LogP contribution in [-0.2, 0) is 14.3 Å². The molecular formula is C13H16O4S. The van der Waals surface area contributed by atoms with E-state index in [0.29, 0.717) is 12.8 Å². The van der Waals surface area contributed by atoms with E-state index in [0.717, 1.165) is 5.56 Å². The fraction of sp³-hybridized carbons (Fsp3) is 0.385. The maximum Gasteiger partial charge on any atom is 0.297 e. The minimum absolute atomic E-state index is 0.120. The number of benzene rings is 1. The van der Waals surface area contributed by atoms with Gasteiger partial charge in [0.2, 0.25) is 0 Å². The number of aryl methyl sites for hydroxylation is 1. The molecule has 0 radical (unpaired) electrons. The van der Waals surface area contributed by atoms with Crippen LogP contribution in [0.3, 0.4) is 0 Å². The van der Waals surface area contributed by atoms with Gasteiger partial charge in [-0.2, -0.15) is 8.42 Å². The Kier molecular flexibility index (Phi) is 3.85. The summed E-state index contributed by atoms with van der Waals surface area (Å²) < 4.78 is 29.1. The van der Waals surface area contributed by atoms with Gasteiger partial charge in [0.1, 0.15) is 6.10 Å². The molecule has 0 aromatic heterocycles. The van der Waals surface area contributed by atoms with Crippen LogP contribution in [0.4, 0.5) is 0 Å². The lowest BCUT2D eigenvalue weighted by Crippen LogP contribution is -2.32. The molecule has 0 heterocycles. The Bertz CT molecular complexity index is 531. The number of rotatable bonds is 3. The summed E-state index contributed by atoms with van der Waals surface area (Å²) in [5.74, 6) is 0. The summed E-state index contributed by atoms with van der Waals surface area (Å²) in [6.45, 7) is 1.88. The van der Waals surface area contributed by atoms with E-state index in [1.54, 1.807) is 12.1 Å². The molecule has 0 aliphatic heterocycles. The molecule has 0 saturated heterocycles. The molecule has 0 amide bonds. The van der Waals surface area contributed by atoms with Gasteiger partial charge < -0.3 is 5.11 Å². The highest BCUT2D eigenvalue weighted by Gasteiger charge is 2.27. The molecule has 18 heavy (non-hydrogen) atoms. The quantitative estimate of drug-likeness (QED) is 0.670. The molecule has 4 nitrogen and oxygen atoms in total. The van der Waals surface area contributed by atoms with Crippen LogP contribution >= 0.6 is 0 Å². The zero-order chi connectivity index (χ0) is 13.2. The van der Waals surface area contributed by atoms with Crippen LogP contribution in [0, 0.1) is 6.92 Å². The zero-order valence-corrected chi connectivity index (χ0v) is 10.9. The molecule has 2 atom stereocenters. The van der Waals surface area contributed by atoms with Crippen molar-refractivity contribution in [2.75, 3.05) is 0 Å². The molecule has 0 spiro atoms. The van der Waals surface area contributed by atoms with Crippen LogP contribution in [0.2, 0.25) is 0 Å². The van der Waals surface area contributed by atoms with Crippen LogP contribution < -0.4 is 0 Å². The smallest absolute Gasteiger partial charge is 0.297 e. The summed E-state index contributed by atoms with van der Waals surface area (Å²) in [6, 6.07) is 6.45. The number of hydrogen-bond acceptors (Lipinski definition) is 4. The molecule has 0 saturated carbocycles. The molecule has 1 N–H and O–H groups in total. The Labute approximate surface area is 107 Å². The monoisotopic (exact) mass is 268 g/mol. The molecule has 1 aromatic carbocycles.